The predicted octanol–water partition coefficient (Wildman–Crippen LogP) is 3.37. The van der Waals surface area contributed by atoms with Gasteiger partial charge in [0.25, 0.3) is 0 Å². The Morgan fingerprint density at radius 2 is 1.95 bits per heavy atom. The molecule has 0 aliphatic rings. The van der Waals surface area contributed by atoms with E-state index < -0.39 is 0 Å². The molecule has 1 atom stereocenters. The molecule has 1 N–H and O–H groups in total. The number of rotatable bonds is 8. The Kier molecular flexibility index (Phi) is 6.89. The molecule has 1 aromatic rings. The van der Waals surface area contributed by atoms with Crippen LogP contribution in [0.1, 0.15) is 38.8 Å². The van der Waals surface area contributed by atoms with Crippen molar-refractivity contribution in [3.05, 3.63) is 29.3 Å². The van der Waals surface area contributed by atoms with Crippen LogP contribution in [0.3, 0.4) is 0 Å². The van der Waals surface area contributed by atoms with Gasteiger partial charge in [-0.05, 0) is 37.1 Å². The summed E-state index contributed by atoms with van der Waals surface area (Å²) >= 11 is 0. The molecule has 0 aliphatic heterocycles. The molecule has 0 fully saturated rings. The quantitative estimate of drug-likeness (QED) is 0.781. The van der Waals surface area contributed by atoms with Crippen LogP contribution in [-0.4, -0.2) is 19.8 Å². The van der Waals surface area contributed by atoms with Crippen molar-refractivity contribution in [1.29, 1.82) is 0 Å². The minimum Gasteiger partial charge on any atom is -0.496 e. The molecule has 1 unspecified atom stereocenters. The highest BCUT2D eigenvalue weighted by Gasteiger charge is 2.10. The monoisotopic (exact) mass is 265 g/mol. The number of ether oxygens (including phenoxy) is 2. The number of hydrogen-bond donors (Lipinski definition) is 1. The van der Waals surface area contributed by atoms with Gasteiger partial charge < -0.3 is 14.8 Å². The van der Waals surface area contributed by atoms with Crippen molar-refractivity contribution in [2.45, 2.75) is 47.0 Å². The Morgan fingerprint density at radius 3 is 2.53 bits per heavy atom. The third kappa shape index (κ3) is 5.21. The van der Waals surface area contributed by atoms with Gasteiger partial charge in [-0.25, -0.2) is 0 Å². The lowest BCUT2D eigenvalue weighted by atomic mass is 10.1. The number of benzene rings is 1. The van der Waals surface area contributed by atoms with E-state index in [0.717, 1.165) is 24.4 Å². The Labute approximate surface area is 117 Å². The van der Waals surface area contributed by atoms with Crippen molar-refractivity contribution in [3.63, 3.8) is 0 Å². The van der Waals surface area contributed by atoms with Gasteiger partial charge in [-0.1, -0.05) is 26.8 Å². The number of methoxy groups -OCH3 is 1. The standard InChI is InChI=1S/C16H27NO2/c1-6-17-10-14-7-8-16(18-5)15(9-14)11-19-13(4)12(2)3/h7-9,12-13,17H,6,10-11H2,1-5H3. The Morgan fingerprint density at radius 1 is 1.21 bits per heavy atom. The van der Waals surface area contributed by atoms with E-state index in [1.54, 1.807) is 7.11 Å². The fourth-order valence-electron chi connectivity index (χ4n) is 1.74. The Balaban J connectivity index is 2.72. The van der Waals surface area contributed by atoms with E-state index in [-0.39, 0.29) is 6.10 Å². The zero-order chi connectivity index (χ0) is 14.3. The largest absolute Gasteiger partial charge is 0.496 e. The second-order valence-electron chi connectivity index (χ2n) is 5.19. The first kappa shape index (κ1) is 16.0. The van der Waals surface area contributed by atoms with Gasteiger partial charge in [0.1, 0.15) is 5.75 Å². The summed E-state index contributed by atoms with van der Waals surface area (Å²) in [5.74, 6) is 1.42. The fourth-order valence-corrected chi connectivity index (χ4v) is 1.74. The van der Waals surface area contributed by atoms with Gasteiger partial charge in [0, 0.05) is 12.1 Å². The highest BCUT2D eigenvalue weighted by atomic mass is 16.5. The van der Waals surface area contributed by atoms with Crippen molar-refractivity contribution in [2.24, 2.45) is 5.92 Å². The predicted molar refractivity (Wildman–Crippen MR) is 79.5 cm³/mol. The Hall–Kier alpha value is -1.06. The maximum Gasteiger partial charge on any atom is 0.124 e. The van der Waals surface area contributed by atoms with Gasteiger partial charge in [-0.2, -0.15) is 0 Å². The zero-order valence-corrected chi connectivity index (χ0v) is 12.8. The molecule has 0 heterocycles. The molecule has 108 valence electrons. The van der Waals surface area contributed by atoms with E-state index in [9.17, 15) is 0 Å². The summed E-state index contributed by atoms with van der Waals surface area (Å²) in [5.41, 5.74) is 2.38. The first-order valence-electron chi connectivity index (χ1n) is 7.06. The van der Waals surface area contributed by atoms with Gasteiger partial charge >= 0.3 is 0 Å². The van der Waals surface area contributed by atoms with Crippen molar-refractivity contribution < 1.29 is 9.47 Å². The van der Waals surface area contributed by atoms with Crippen molar-refractivity contribution in [1.82, 2.24) is 5.32 Å². The van der Waals surface area contributed by atoms with E-state index in [0.29, 0.717) is 12.5 Å². The minimum absolute atomic E-state index is 0.252. The van der Waals surface area contributed by atoms with Gasteiger partial charge in [0.05, 0.1) is 19.8 Å². The van der Waals surface area contributed by atoms with Gasteiger partial charge in [-0.15, -0.1) is 0 Å². The summed E-state index contributed by atoms with van der Waals surface area (Å²) in [6.07, 6.45) is 0.252. The number of nitrogens with one attached hydrogen (secondary N) is 1. The topological polar surface area (TPSA) is 30.5 Å². The molecule has 0 radical (unpaired) electrons. The summed E-state index contributed by atoms with van der Waals surface area (Å²) in [5, 5.41) is 3.33. The molecule has 0 aliphatic carbocycles. The molecule has 0 amide bonds. The lowest BCUT2D eigenvalue weighted by Gasteiger charge is -2.18. The van der Waals surface area contributed by atoms with E-state index in [1.807, 2.05) is 6.07 Å². The van der Waals surface area contributed by atoms with Crippen molar-refractivity contribution in [3.8, 4) is 5.75 Å². The molecule has 3 heteroatoms. The van der Waals surface area contributed by atoms with Crippen LogP contribution in [0.2, 0.25) is 0 Å². The van der Waals surface area contributed by atoms with E-state index in [4.69, 9.17) is 9.47 Å². The molecule has 0 spiro atoms. The van der Waals surface area contributed by atoms with Crippen LogP contribution in [0.4, 0.5) is 0 Å². The second kappa shape index (κ2) is 8.18. The Bertz CT molecular complexity index is 377. The van der Waals surface area contributed by atoms with Gasteiger partial charge in [-0.3, -0.25) is 0 Å². The van der Waals surface area contributed by atoms with Crippen LogP contribution < -0.4 is 10.1 Å². The molecular formula is C16H27NO2. The SMILES string of the molecule is CCNCc1ccc(OC)c(COC(C)C(C)C)c1. The van der Waals surface area contributed by atoms with Crippen molar-refractivity contribution in [2.75, 3.05) is 13.7 Å². The first-order chi connectivity index (χ1) is 9.08. The molecule has 0 saturated carbocycles. The summed E-state index contributed by atoms with van der Waals surface area (Å²) in [6.45, 7) is 11.0. The smallest absolute Gasteiger partial charge is 0.124 e. The molecular weight excluding hydrogens is 238 g/mol. The van der Waals surface area contributed by atoms with Crippen LogP contribution in [-0.2, 0) is 17.9 Å². The summed E-state index contributed by atoms with van der Waals surface area (Å²) < 4.78 is 11.3. The van der Waals surface area contributed by atoms with Crippen LogP contribution in [0, 0.1) is 5.92 Å². The normalized spacial score (nSPS) is 12.7. The van der Waals surface area contributed by atoms with Crippen LogP contribution in [0.5, 0.6) is 5.75 Å². The maximum absolute atomic E-state index is 5.89. The number of hydrogen-bond acceptors (Lipinski definition) is 3. The van der Waals surface area contributed by atoms with E-state index >= 15 is 0 Å². The zero-order valence-electron chi connectivity index (χ0n) is 12.8. The summed E-state index contributed by atoms with van der Waals surface area (Å²) in [6, 6.07) is 6.27. The second-order valence-corrected chi connectivity index (χ2v) is 5.19. The molecule has 1 rings (SSSR count). The van der Waals surface area contributed by atoms with Gasteiger partial charge in [0.2, 0.25) is 0 Å². The third-order valence-electron chi connectivity index (χ3n) is 3.36. The lowest BCUT2D eigenvalue weighted by Crippen LogP contribution is -2.16. The highest BCUT2D eigenvalue weighted by Crippen LogP contribution is 2.22. The van der Waals surface area contributed by atoms with E-state index in [2.05, 4.69) is 45.1 Å². The molecule has 0 bridgehead atoms. The lowest BCUT2D eigenvalue weighted by molar-refractivity contribution is 0.0226. The fraction of sp³-hybridized carbons (Fsp3) is 0.625. The van der Waals surface area contributed by atoms with Crippen LogP contribution in [0.25, 0.3) is 0 Å². The molecule has 3 nitrogen and oxygen atoms in total. The highest BCUT2D eigenvalue weighted by molar-refractivity contribution is 5.36. The molecule has 0 aromatic heterocycles. The van der Waals surface area contributed by atoms with E-state index in [1.165, 1.54) is 5.56 Å². The maximum atomic E-state index is 5.89. The third-order valence-corrected chi connectivity index (χ3v) is 3.36. The molecule has 0 saturated heterocycles. The molecule has 1 aromatic carbocycles. The van der Waals surface area contributed by atoms with Crippen molar-refractivity contribution >= 4 is 0 Å². The van der Waals surface area contributed by atoms with Crippen LogP contribution >= 0.6 is 0 Å². The average molecular weight is 265 g/mol. The minimum atomic E-state index is 0.252. The summed E-state index contributed by atoms with van der Waals surface area (Å²) in [7, 11) is 1.70. The first-order valence-corrected chi connectivity index (χ1v) is 7.06. The van der Waals surface area contributed by atoms with Crippen LogP contribution in [0.15, 0.2) is 18.2 Å². The van der Waals surface area contributed by atoms with Gasteiger partial charge in [0.15, 0.2) is 0 Å². The average Bonchev–Trinajstić information content (AvgIpc) is 2.42. The summed E-state index contributed by atoms with van der Waals surface area (Å²) in [4.78, 5) is 0. The molecule has 19 heavy (non-hydrogen) atoms.